The first kappa shape index (κ1) is 23.7. The van der Waals surface area contributed by atoms with Crippen LogP contribution in [0.3, 0.4) is 0 Å². The number of aliphatic hydroxyl groups excluding tert-OH is 1. The summed E-state index contributed by atoms with van der Waals surface area (Å²) in [7, 11) is 3.62. The van der Waals surface area contributed by atoms with Crippen LogP contribution in [-0.2, 0) is 4.84 Å². The highest BCUT2D eigenvalue weighted by Gasteiger charge is 2.59. The Hall–Kier alpha value is -1.40. The molecule has 6 nitrogen and oxygen atoms in total. The van der Waals surface area contributed by atoms with Crippen LogP contribution in [0.25, 0.3) is 0 Å². The molecule has 4 aliphatic carbocycles. The minimum atomic E-state index is -0.387. The Morgan fingerprint density at radius 3 is 2.75 bits per heavy atom. The summed E-state index contributed by atoms with van der Waals surface area (Å²) < 4.78 is 0. The smallest absolute Gasteiger partial charge is 0.389 e. The van der Waals surface area contributed by atoms with Crippen molar-refractivity contribution in [1.29, 1.82) is 0 Å². The maximum atomic E-state index is 12.3. The number of carbonyl (C=O) groups is 1. The van der Waals surface area contributed by atoms with Gasteiger partial charge >= 0.3 is 6.09 Å². The van der Waals surface area contributed by atoms with Gasteiger partial charge in [0.25, 0.3) is 0 Å². The molecule has 0 spiro atoms. The van der Waals surface area contributed by atoms with Gasteiger partial charge in [0.15, 0.2) is 0 Å². The molecule has 4 aliphatic rings. The SMILES string of the molecule is CNCCN(C)C(=O)O/N=C(\C)[C@H]1CC[C@H]2[C@@H]3CCC4=C[C@H](O)CC[C@]4(C)[C@H]3CC[C@]12C. The lowest BCUT2D eigenvalue weighted by Gasteiger charge is -2.58. The molecule has 0 aromatic rings. The highest BCUT2D eigenvalue weighted by Crippen LogP contribution is 2.66. The van der Waals surface area contributed by atoms with Crippen molar-refractivity contribution in [1.82, 2.24) is 10.2 Å². The average molecular weight is 446 g/mol. The molecule has 2 N–H and O–H groups in total. The zero-order valence-corrected chi connectivity index (χ0v) is 20.7. The van der Waals surface area contributed by atoms with Gasteiger partial charge in [-0.05, 0) is 93.9 Å². The minimum Gasteiger partial charge on any atom is -0.389 e. The van der Waals surface area contributed by atoms with E-state index in [1.807, 2.05) is 7.05 Å². The Morgan fingerprint density at radius 2 is 2.00 bits per heavy atom. The molecule has 32 heavy (non-hydrogen) atoms. The molecule has 0 aromatic carbocycles. The number of hydrogen-bond donors (Lipinski definition) is 2. The molecule has 3 fully saturated rings. The molecule has 0 aliphatic heterocycles. The third kappa shape index (κ3) is 4.02. The standard InChI is InChI=1S/C26H43N3O3/c1-17(28-32-24(31)29(5)15-14-27-4)21-8-9-22-20-7-6-18-16-19(30)10-12-25(18,2)23(20)11-13-26(21,22)3/h16,19-23,27,30H,6-15H2,1-5H3/b28-17+/t19-,20+,21-,22+,23+,25+,26-/m1/s1. The fraction of sp³-hybridized carbons (Fsp3) is 0.846. The van der Waals surface area contributed by atoms with Crippen molar-refractivity contribution < 1.29 is 14.7 Å². The number of fused-ring (bicyclic) bond motifs is 5. The molecular formula is C26H43N3O3. The van der Waals surface area contributed by atoms with Crippen molar-refractivity contribution >= 4 is 11.8 Å². The molecule has 1 amide bonds. The summed E-state index contributed by atoms with van der Waals surface area (Å²) >= 11 is 0. The van der Waals surface area contributed by atoms with Crippen molar-refractivity contribution in [2.75, 3.05) is 27.2 Å². The van der Waals surface area contributed by atoms with Crippen LogP contribution in [0.2, 0.25) is 0 Å². The number of oxime groups is 1. The van der Waals surface area contributed by atoms with Crippen LogP contribution in [0, 0.1) is 34.5 Å². The van der Waals surface area contributed by atoms with Gasteiger partial charge in [-0.2, -0.15) is 0 Å². The quantitative estimate of drug-likeness (QED) is 0.281. The molecular weight excluding hydrogens is 402 g/mol. The van der Waals surface area contributed by atoms with Crippen LogP contribution < -0.4 is 5.32 Å². The zero-order valence-electron chi connectivity index (χ0n) is 20.7. The number of allylic oxidation sites excluding steroid dienone is 1. The third-order valence-corrected chi connectivity index (χ3v) is 9.87. The Kier molecular flexibility index (Phi) is 6.75. The monoisotopic (exact) mass is 445 g/mol. The van der Waals surface area contributed by atoms with E-state index in [1.165, 1.54) is 31.3 Å². The Balaban J connectivity index is 1.46. The largest absolute Gasteiger partial charge is 0.435 e. The van der Waals surface area contributed by atoms with Crippen LogP contribution in [-0.4, -0.2) is 55.1 Å². The van der Waals surface area contributed by atoms with Gasteiger partial charge in [-0.15, -0.1) is 0 Å². The predicted octanol–water partition coefficient (Wildman–Crippen LogP) is 4.59. The van der Waals surface area contributed by atoms with Crippen molar-refractivity contribution in [3.05, 3.63) is 11.6 Å². The number of aliphatic hydroxyl groups is 1. The van der Waals surface area contributed by atoms with Gasteiger partial charge in [0.1, 0.15) is 0 Å². The van der Waals surface area contributed by atoms with E-state index in [-0.39, 0.29) is 23.0 Å². The number of rotatable bonds is 5. The highest BCUT2D eigenvalue weighted by molar-refractivity contribution is 5.85. The van der Waals surface area contributed by atoms with Gasteiger partial charge in [-0.1, -0.05) is 30.7 Å². The Bertz CT molecular complexity index is 780. The van der Waals surface area contributed by atoms with E-state index in [1.54, 1.807) is 11.9 Å². The van der Waals surface area contributed by atoms with E-state index >= 15 is 0 Å². The average Bonchev–Trinajstić information content (AvgIpc) is 3.13. The second-order valence-electron chi connectivity index (χ2n) is 11.4. The Labute approximate surface area is 193 Å². The second kappa shape index (κ2) is 9.09. The molecule has 0 unspecified atom stereocenters. The summed E-state index contributed by atoms with van der Waals surface area (Å²) in [5.74, 6) is 2.61. The summed E-state index contributed by atoms with van der Waals surface area (Å²) in [6.07, 6.45) is 10.9. The topological polar surface area (TPSA) is 74.2 Å². The molecule has 0 saturated heterocycles. The van der Waals surface area contributed by atoms with E-state index in [4.69, 9.17) is 4.84 Å². The predicted molar refractivity (Wildman–Crippen MR) is 127 cm³/mol. The molecule has 3 saturated carbocycles. The normalized spacial score (nSPS) is 41.2. The van der Waals surface area contributed by atoms with Crippen molar-refractivity contribution in [2.24, 2.45) is 39.7 Å². The molecule has 0 bridgehead atoms. The molecule has 4 rings (SSSR count). The lowest BCUT2D eigenvalue weighted by Crippen LogP contribution is -2.51. The molecule has 0 aromatic heterocycles. The van der Waals surface area contributed by atoms with E-state index in [9.17, 15) is 9.90 Å². The first-order valence-corrected chi connectivity index (χ1v) is 12.7. The minimum absolute atomic E-state index is 0.238. The van der Waals surface area contributed by atoms with Gasteiger partial charge in [0.05, 0.1) is 11.8 Å². The molecule has 0 radical (unpaired) electrons. The summed E-state index contributed by atoms with van der Waals surface area (Å²) in [6, 6.07) is 0. The van der Waals surface area contributed by atoms with E-state index in [0.717, 1.165) is 55.7 Å². The number of amides is 1. The van der Waals surface area contributed by atoms with E-state index < -0.39 is 0 Å². The lowest BCUT2D eigenvalue weighted by atomic mass is 9.46. The number of nitrogens with one attached hydrogen (secondary N) is 1. The summed E-state index contributed by atoms with van der Waals surface area (Å²) in [5, 5.41) is 17.6. The van der Waals surface area contributed by atoms with Gasteiger partial charge in [-0.25, -0.2) is 4.79 Å². The zero-order chi connectivity index (χ0) is 23.1. The molecule has 0 heterocycles. The summed E-state index contributed by atoms with van der Waals surface area (Å²) in [6.45, 7) is 8.34. The van der Waals surface area contributed by atoms with E-state index in [0.29, 0.717) is 12.5 Å². The van der Waals surface area contributed by atoms with Crippen LogP contribution in [0.5, 0.6) is 0 Å². The molecule has 6 heteroatoms. The van der Waals surface area contributed by atoms with Crippen LogP contribution in [0.1, 0.15) is 72.1 Å². The van der Waals surface area contributed by atoms with Crippen molar-refractivity contribution in [3.8, 4) is 0 Å². The Morgan fingerprint density at radius 1 is 1.22 bits per heavy atom. The van der Waals surface area contributed by atoms with Gasteiger partial charge in [-0.3, -0.25) is 4.84 Å². The fourth-order valence-corrected chi connectivity index (χ4v) is 8.01. The first-order chi connectivity index (χ1) is 15.2. The highest BCUT2D eigenvalue weighted by atomic mass is 16.7. The van der Waals surface area contributed by atoms with Gasteiger partial charge in [0.2, 0.25) is 0 Å². The number of hydrogen-bond acceptors (Lipinski definition) is 5. The lowest BCUT2D eigenvalue weighted by molar-refractivity contribution is -0.0479. The molecule has 180 valence electrons. The maximum Gasteiger partial charge on any atom is 0.435 e. The maximum absolute atomic E-state index is 12.3. The van der Waals surface area contributed by atoms with Gasteiger partial charge in [0, 0.05) is 26.1 Å². The summed E-state index contributed by atoms with van der Waals surface area (Å²) in [4.78, 5) is 19.1. The number of carbonyl (C=O) groups excluding carboxylic acids is 1. The number of likely N-dealkylation sites (N-methyl/N-ethyl adjacent to an activating group) is 2. The van der Waals surface area contributed by atoms with Crippen molar-refractivity contribution in [3.63, 3.8) is 0 Å². The first-order valence-electron chi connectivity index (χ1n) is 12.7. The second-order valence-corrected chi connectivity index (χ2v) is 11.4. The van der Waals surface area contributed by atoms with Crippen molar-refractivity contribution in [2.45, 2.75) is 78.2 Å². The van der Waals surface area contributed by atoms with Crippen LogP contribution >= 0.6 is 0 Å². The third-order valence-electron chi connectivity index (χ3n) is 9.87. The van der Waals surface area contributed by atoms with Crippen LogP contribution in [0.15, 0.2) is 16.8 Å². The van der Waals surface area contributed by atoms with Gasteiger partial charge < -0.3 is 15.3 Å². The molecule has 7 atom stereocenters. The summed E-state index contributed by atoms with van der Waals surface area (Å²) in [5.41, 5.74) is 3.03. The van der Waals surface area contributed by atoms with E-state index in [2.05, 4.69) is 37.3 Å². The fourth-order valence-electron chi connectivity index (χ4n) is 8.01. The van der Waals surface area contributed by atoms with Crippen LogP contribution in [0.4, 0.5) is 4.79 Å². The number of nitrogens with zero attached hydrogens (tertiary/aromatic N) is 2.